The maximum absolute atomic E-state index is 12.7. The van der Waals surface area contributed by atoms with Crippen LogP contribution in [0.2, 0.25) is 0 Å². The number of hydrogen-bond acceptors (Lipinski definition) is 3. The number of piperidine rings is 1. The lowest BCUT2D eigenvalue weighted by Gasteiger charge is -2.30. The van der Waals surface area contributed by atoms with Gasteiger partial charge in [-0.15, -0.1) is 0 Å². The van der Waals surface area contributed by atoms with Crippen molar-refractivity contribution < 1.29 is 9.59 Å². The van der Waals surface area contributed by atoms with Gasteiger partial charge in [0.2, 0.25) is 0 Å². The first-order valence-electron chi connectivity index (χ1n) is 9.09. The first kappa shape index (κ1) is 18.1. The number of hydrogen-bond donors (Lipinski definition) is 1. The Morgan fingerprint density at radius 2 is 1.73 bits per heavy atom. The average molecular weight is 351 g/mol. The third kappa shape index (κ3) is 3.93. The number of anilines is 1. The first-order valence-corrected chi connectivity index (χ1v) is 9.09. The molecule has 26 heavy (non-hydrogen) atoms. The van der Waals surface area contributed by atoms with E-state index in [0.29, 0.717) is 11.6 Å². The number of aryl methyl sites for hydroxylation is 2. The molecule has 3 rings (SSSR count). The molecule has 5 nitrogen and oxygen atoms in total. The van der Waals surface area contributed by atoms with Gasteiger partial charge in [-0.2, -0.15) is 0 Å². The maximum atomic E-state index is 12.7. The predicted octanol–water partition coefficient (Wildman–Crippen LogP) is 3.82. The van der Waals surface area contributed by atoms with Crippen LogP contribution in [-0.2, 0) is 0 Å². The fourth-order valence-corrected chi connectivity index (χ4v) is 3.41. The largest absolute Gasteiger partial charge is 0.337 e. The fourth-order valence-electron chi connectivity index (χ4n) is 3.41. The van der Waals surface area contributed by atoms with Gasteiger partial charge < -0.3 is 10.2 Å². The third-order valence-corrected chi connectivity index (χ3v) is 4.86. The van der Waals surface area contributed by atoms with Crippen LogP contribution in [0, 0.1) is 19.8 Å². The topological polar surface area (TPSA) is 62.3 Å². The zero-order chi connectivity index (χ0) is 18.7. The summed E-state index contributed by atoms with van der Waals surface area (Å²) in [6, 6.07) is 10.9. The summed E-state index contributed by atoms with van der Waals surface area (Å²) in [7, 11) is 0. The van der Waals surface area contributed by atoms with E-state index in [9.17, 15) is 9.59 Å². The molecule has 0 spiro atoms. The van der Waals surface area contributed by atoms with Gasteiger partial charge in [-0.3, -0.25) is 9.59 Å². The van der Waals surface area contributed by atoms with Crippen LogP contribution in [0.3, 0.4) is 0 Å². The Morgan fingerprint density at radius 3 is 2.42 bits per heavy atom. The lowest BCUT2D eigenvalue weighted by molar-refractivity contribution is 0.0677. The molecule has 5 heteroatoms. The molecule has 1 saturated heterocycles. The van der Waals surface area contributed by atoms with Gasteiger partial charge in [-0.25, -0.2) is 4.98 Å². The highest BCUT2D eigenvalue weighted by molar-refractivity contribution is 6.04. The SMILES string of the molecule is Cc1cccc(C)c1NC(=O)c1cccc(C(=O)N2CCCC(C)C2)n1. The Balaban J connectivity index is 1.78. The molecule has 0 aliphatic carbocycles. The van der Waals surface area contributed by atoms with E-state index in [1.165, 1.54) is 0 Å². The van der Waals surface area contributed by atoms with Gasteiger partial charge in [0, 0.05) is 18.8 Å². The van der Waals surface area contributed by atoms with Gasteiger partial charge >= 0.3 is 0 Å². The quantitative estimate of drug-likeness (QED) is 0.914. The molecule has 136 valence electrons. The molecule has 0 bridgehead atoms. The monoisotopic (exact) mass is 351 g/mol. The standard InChI is InChI=1S/C21H25N3O2/c1-14-7-6-12-24(13-14)21(26)18-11-5-10-17(22-18)20(25)23-19-15(2)8-4-9-16(19)3/h4-5,8-11,14H,6-7,12-13H2,1-3H3,(H,23,25). The number of carbonyl (C=O) groups is 2. The Hall–Kier alpha value is -2.69. The Morgan fingerprint density at radius 1 is 1.08 bits per heavy atom. The molecule has 2 heterocycles. The van der Waals surface area contributed by atoms with Crippen LogP contribution in [-0.4, -0.2) is 34.8 Å². The predicted molar refractivity (Wildman–Crippen MR) is 102 cm³/mol. The summed E-state index contributed by atoms with van der Waals surface area (Å²) in [6.45, 7) is 7.56. The number of nitrogens with zero attached hydrogens (tertiary/aromatic N) is 2. The molecule has 0 radical (unpaired) electrons. The normalized spacial score (nSPS) is 17.0. The van der Waals surface area contributed by atoms with Crippen LogP contribution >= 0.6 is 0 Å². The lowest BCUT2D eigenvalue weighted by Crippen LogP contribution is -2.39. The second-order valence-corrected chi connectivity index (χ2v) is 7.13. The Kier molecular flexibility index (Phi) is 5.35. The van der Waals surface area contributed by atoms with Crippen molar-refractivity contribution in [3.8, 4) is 0 Å². The van der Waals surface area contributed by atoms with Crippen molar-refractivity contribution in [3.63, 3.8) is 0 Å². The summed E-state index contributed by atoms with van der Waals surface area (Å²) in [5.41, 5.74) is 3.36. The number of aromatic nitrogens is 1. The number of pyridine rings is 1. The summed E-state index contributed by atoms with van der Waals surface area (Å²) in [4.78, 5) is 31.5. The number of rotatable bonds is 3. The molecule has 0 saturated carbocycles. The fraction of sp³-hybridized carbons (Fsp3) is 0.381. The highest BCUT2D eigenvalue weighted by Crippen LogP contribution is 2.21. The van der Waals surface area contributed by atoms with E-state index < -0.39 is 0 Å². The summed E-state index contributed by atoms with van der Waals surface area (Å²) in [5, 5.41) is 2.92. The summed E-state index contributed by atoms with van der Waals surface area (Å²) in [6.07, 6.45) is 2.16. The molecule has 2 amide bonds. The number of amides is 2. The van der Waals surface area contributed by atoms with Crippen molar-refractivity contribution in [3.05, 3.63) is 58.9 Å². The van der Waals surface area contributed by atoms with Crippen LogP contribution in [0.1, 0.15) is 51.9 Å². The Bertz CT molecular complexity index is 812. The molecule has 1 atom stereocenters. The van der Waals surface area contributed by atoms with Crippen LogP contribution in [0.25, 0.3) is 0 Å². The molecule has 1 unspecified atom stereocenters. The molecule has 1 aliphatic rings. The average Bonchev–Trinajstić information content (AvgIpc) is 2.64. The van der Waals surface area contributed by atoms with E-state index in [4.69, 9.17) is 0 Å². The second-order valence-electron chi connectivity index (χ2n) is 7.13. The van der Waals surface area contributed by atoms with Gasteiger partial charge in [0.15, 0.2) is 0 Å². The molecule has 1 fully saturated rings. The van der Waals surface area contributed by atoms with Crippen molar-refractivity contribution in [2.45, 2.75) is 33.6 Å². The van der Waals surface area contributed by atoms with Gasteiger partial charge in [0.1, 0.15) is 11.4 Å². The first-order chi connectivity index (χ1) is 12.5. The van der Waals surface area contributed by atoms with Crippen molar-refractivity contribution in [1.29, 1.82) is 0 Å². The van der Waals surface area contributed by atoms with Gasteiger partial charge in [0.25, 0.3) is 11.8 Å². The molecular weight excluding hydrogens is 326 g/mol. The van der Waals surface area contributed by atoms with E-state index in [1.54, 1.807) is 18.2 Å². The van der Waals surface area contributed by atoms with E-state index in [1.807, 2.05) is 36.9 Å². The van der Waals surface area contributed by atoms with E-state index >= 15 is 0 Å². The number of carbonyl (C=O) groups excluding carboxylic acids is 2. The highest BCUT2D eigenvalue weighted by atomic mass is 16.2. The minimum Gasteiger partial charge on any atom is -0.337 e. The number of nitrogens with one attached hydrogen (secondary N) is 1. The summed E-state index contributed by atoms with van der Waals surface area (Å²) < 4.78 is 0. The minimum atomic E-state index is -0.302. The van der Waals surface area contributed by atoms with E-state index in [-0.39, 0.29) is 17.5 Å². The van der Waals surface area contributed by atoms with E-state index in [2.05, 4.69) is 17.2 Å². The molecule has 1 aromatic heterocycles. The maximum Gasteiger partial charge on any atom is 0.274 e. The molecular formula is C21H25N3O2. The zero-order valence-corrected chi connectivity index (χ0v) is 15.6. The highest BCUT2D eigenvalue weighted by Gasteiger charge is 2.23. The molecule has 2 aromatic rings. The number of para-hydroxylation sites is 1. The van der Waals surface area contributed by atoms with Crippen LogP contribution in [0.4, 0.5) is 5.69 Å². The van der Waals surface area contributed by atoms with Crippen molar-refractivity contribution in [1.82, 2.24) is 9.88 Å². The third-order valence-electron chi connectivity index (χ3n) is 4.86. The van der Waals surface area contributed by atoms with Crippen LogP contribution in [0.15, 0.2) is 36.4 Å². The molecule has 1 aromatic carbocycles. The second kappa shape index (κ2) is 7.68. The number of benzene rings is 1. The van der Waals surface area contributed by atoms with Crippen molar-refractivity contribution >= 4 is 17.5 Å². The van der Waals surface area contributed by atoms with E-state index in [0.717, 1.165) is 42.7 Å². The summed E-state index contributed by atoms with van der Waals surface area (Å²) in [5.74, 6) is 0.102. The smallest absolute Gasteiger partial charge is 0.274 e. The van der Waals surface area contributed by atoms with Gasteiger partial charge in [0.05, 0.1) is 0 Å². The van der Waals surface area contributed by atoms with Crippen LogP contribution in [0.5, 0.6) is 0 Å². The summed E-state index contributed by atoms with van der Waals surface area (Å²) >= 11 is 0. The minimum absolute atomic E-state index is 0.0988. The lowest BCUT2D eigenvalue weighted by atomic mass is 10.00. The van der Waals surface area contributed by atoms with Crippen molar-refractivity contribution in [2.24, 2.45) is 5.92 Å². The van der Waals surface area contributed by atoms with Crippen LogP contribution < -0.4 is 5.32 Å². The van der Waals surface area contributed by atoms with Crippen molar-refractivity contribution in [2.75, 3.05) is 18.4 Å². The molecule has 1 N–H and O–H groups in total. The van der Waals surface area contributed by atoms with Gasteiger partial charge in [-0.05, 0) is 55.9 Å². The van der Waals surface area contributed by atoms with Gasteiger partial charge in [-0.1, -0.05) is 31.2 Å². The number of likely N-dealkylation sites (tertiary alicyclic amines) is 1. The zero-order valence-electron chi connectivity index (χ0n) is 15.6. The molecule has 1 aliphatic heterocycles. The Labute approximate surface area is 154 Å².